The van der Waals surface area contributed by atoms with E-state index in [0.717, 1.165) is 18.4 Å². The summed E-state index contributed by atoms with van der Waals surface area (Å²) in [5, 5.41) is 0. The van der Waals surface area contributed by atoms with Gasteiger partial charge in [-0.2, -0.15) is 0 Å². The van der Waals surface area contributed by atoms with Crippen molar-refractivity contribution in [1.29, 1.82) is 0 Å². The van der Waals surface area contributed by atoms with E-state index in [1.54, 1.807) is 0 Å². The van der Waals surface area contributed by atoms with Crippen molar-refractivity contribution in [2.45, 2.75) is 52.9 Å². The van der Waals surface area contributed by atoms with Gasteiger partial charge in [-0.1, -0.05) is 46.5 Å². The number of nitrogens with two attached hydrogens (primary N) is 1. The second-order valence-corrected chi connectivity index (χ2v) is 3.95. The molecule has 2 atom stereocenters. The van der Waals surface area contributed by atoms with Crippen LogP contribution in [-0.2, 0) is 0 Å². The summed E-state index contributed by atoms with van der Waals surface area (Å²) in [4.78, 5) is 0. The van der Waals surface area contributed by atoms with Gasteiger partial charge in [0.05, 0.1) is 0 Å². The molecule has 1 heteroatoms. The summed E-state index contributed by atoms with van der Waals surface area (Å²) < 4.78 is 0. The molecule has 0 amide bonds. The minimum atomic E-state index is 0.772. The summed E-state index contributed by atoms with van der Waals surface area (Å²) in [6, 6.07) is 0. The normalized spacial score (nSPS) is 16.0. The number of rotatable bonds is 7. The summed E-state index contributed by atoms with van der Waals surface area (Å²) in [6.45, 7) is 7.71. The van der Waals surface area contributed by atoms with Crippen LogP contribution in [0.4, 0.5) is 0 Å². The van der Waals surface area contributed by atoms with E-state index in [4.69, 9.17) is 5.73 Å². The van der Waals surface area contributed by atoms with Crippen LogP contribution in [0, 0.1) is 11.8 Å². The third kappa shape index (κ3) is 5.59. The Hall–Kier alpha value is -0.0400. The predicted octanol–water partition coefficient (Wildman–Crippen LogP) is 3.19. The van der Waals surface area contributed by atoms with Crippen LogP contribution in [0.25, 0.3) is 0 Å². The SMILES string of the molecule is CCC(C)CCCC(CC)CN. The highest BCUT2D eigenvalue weighted by Crippen LogP contribution is 2.16. The maximum atomic E-state index is 5.63. The van der Waals surface area contributed by atoms with Crippen LogP contribution in [-0.4, -0.2) is 6.54 Å². The first-order valence-electron chi connectivity index (χ1n) is 5.44. The molecule has 0 radical (unpaired) electrons. The Morgan fingerprint density at radius 2 is 1.75 bits per heavy atom. The van der Waals surface area contributed by atoms with Crippen molar-refractivity contribution in [1.82, 2.24) is 0 Å². The minimum Gasteiger partial charge on any atom is -0.330 e. The molecule has 74 valence electrons. The maximum absolute atomic E-state index is 5.63. The zero-order chi connectivity index (χ0) is 9.40. The Kier molecular flexibility index (Phi) is 7.58. The van der Waals surface area contributed by atoms with E-state index in [1.807, 2.05) is 0 Å². The van der Waals surface area contributed by atoms with E-state index in [0.29, 0.717) is 0 Å². The van der Waals surface area contributed by atoms with E-state index in [2.05, 4.69) is 20.8 Å². The first-order chi connectivity index (χ1) is 5.74. The van der Waals surface area contributed by atoms with Crippen molar-refractivity contribution in [2.24, 2.45) is 17.6 Å². The summed E-state index contributed by atoms with van der Waals surface area (Å²) in [5.74, 6) is 1.68. The minimum absolute atomic E-state index is 0.772. The molecule has 0 aromatic heterocycles. The molecule has 0 saturated heterocycles. The van der Waals surface area contributed by atoms with E-state index < -0.39 is 0 Å². The Labute approximate surface area is 77.7 Å². The molecular weight excluding hydrogens is 146 g/mol. The van der Waals surface area contributed by atoms with Gasteiger partial charge in [-0.3, -0.25) is 0 Å². The van der Waals surface area contributed by atoms with Crippen LogP contribution >= 0.6 is 0 Å². The van der Waals surface area contributed by atoms with Crippen molar-refractivity contribution >= 4 is 0 Å². The molecule has 0 aromatic carbocycles. The highest BCUT2D eigenvalue weighted by atomic mass is 14.5. The Morgan fingerprint density at radius 1 is 1.08 bits per heavy atom. The van der Waals surface area contributed by atoms with E-state index in [-0.39, 0.29) is 0 Å². The molecule has 12 heavy (non-hydrogen) atoms. The van der Waals surface area contributed by atoms with Gasteiger partial charge in [0, 0.05) is 0 Å². The van der Waals surface area contributed by atoms with Gasteiger partial charge in [0.2, 0.25) is 0 Å². The van der Waals surface area contributed by atoms with Gasteiger partial charge in [-0.05, 0) is 24.8 Å². The quantitative estimate of drug-likeness (QED) is 0.625. The van der Waals surface area contributed by atoms with Crippen LogP contribution in [0.15, 0.2) is 0 Å². The standard InChI is InChI=1S/C11H25N/c1-4-10(3)7-6-8-11(5-2)9-12/h10-11H,4-9,12H2,1-3H3. The topological polar surface area (TPSA) is 26.0 Å². The third-order valence-corrected chi connectivity index (χ3v) is 2.92. The molecule has 0 aromatic rings. The highest BCUT2D eigenvalue weighted by Gasteiger charge is 2.04. The van der Waals surface area contributed by atoms with Gasteiger partial charge >= 0.3 is 0 Å². The van der Waals surface area contributed by atoms with Gasteiger partial charge in [0.1, 0.15) is 0 Å². The molecule has 0 fully saturated rings. The van der Waals surface area contributed by atoms with Gasteiger partial charge in [0.25, 0.3) is 0 Å². The summed E-state index contributed by atoms with van der Waals surface area (Å²) in [5.41, 5.74) is 5.63. The zero-order valence-corrected chi connectivity index (χ0v) is 8.97. The lowest BCUT2D eigenvalue weighted by Gasteiger charge is -2.13. The predicted molar refractivity (Wildman–Crippen MR) is 56.1 cm³/mol. The first kappa shape index (κ1) is 12.0. The van der Waals surface area contributed by atoms with Crippen LogP contribution in [0.3, 0.4) is 0 Å². The van der Waals surface area contributed by atoms with Gasteiger partial charge < -0.3 is 5.73 Å². The first-order valence-corrected chi connectivity index (χ1v) is 5.44. The molecule has 1 nitrogen and oxygen atoms in total. The molecule has 0 heterocycles. The largest absolute Gasteiger partial charge is 0.330 e. The van der Waals surface area contributed by atoms with Gasteiger partial charge in [-0.25, -0.2) is 0 Å². The second-order valence-electron chi connectivity index (χ2n) is 3.95. The third-order valence-electron chi connectivity index (χ3n) is 2.92. The summed E-state index contributed by atoms with van der Waals surface area (Å²) in [7, 11) is 0. The van der Waals surface area contributed by atoms with Crippen LogP contribution in [0.1, 0.15) is 52.9 Å². The van der Waals surface area contributed by atoms with Gasteiger partial charge in [-0.15, -0.1) is 0 Å². The molecular formula is C11H25N. The monoisotopic (exact) mass is 171 g/mol. The van der Waals surface area contributed by atoms with Crippen molar-refractivity contribution in [3.05, 3.63) is 0 Å². The van der Waals surface area contributed by atoms with E-state index >= 15 is 0 Å². The average molecular weight is 171 g/mol. The van der Waals surface area contributed by atoms with Gasteiger partial charge in [0.15, 0.2) is 0 Å². The smallest absolute Gasteiger partial charge is 0.00490 e. The Bertz CT molecular complexity index is 87.0. The Balaban J connectivity index is 3.28. The molecule has 0 aliphatic carbocycles. The molecule has 0 spiro atoms. The molecule has 0 saturated carbocycles. The average Bonchev–Trinajstić information content (AvgIpc) is 2.12. The molecule has 0 rings (SSSR count). The molecule has 2 unspecified atom stereocenters. The van der Waals surface area contributed by atoms with Crippen molar-refractivity contribution < 1.29 is 0 Å². The summed E-state index contributed by atoms with van der Waals surface area (Å²) in [6.07, 6.45) is 6.64. The molecule has 0 aliphatic heterocycles. The van der Waals surface area contributed by atoms with Crippen molar-refractivity contribution in [3.63, 3.8) is 0 Å². The van der Waals surface area contributed by atoms with Crippen LogP contribution in [0.5, 0.6) is 0 Å². The maximum Gasteiger partial charge on any atom is -0.00490 e. The second kappa shape index (κ2) is 7.60. The molecule has 0 bridgehead atoms. The number of hydrogen-bond donors (Lipinski definition) is 1. The Morgan fingerprint density at radius 3 is 2.17 bits per heavy atom. The zero-order valence-electron chi connectivity index (χ0n) is 8.97. The van der Waals surface area contributed by atoms with Crippen molar-refractivity contribution in [2.75, 3.05) is 6.54 Å². The number of hydrogen-bond acceptors (Lipinski definition) is 1. The van der Waals surface area contributed by atoms with Crippen molar-refractivity contribution in [3.8, 4) is 0 Å². The van der Waals surface area contributed by atoms with Crippen LogP contribution < -0.4 is 5.73 Å². The van der Waals surface area contributed by atoms with Crippen LogP contribution in [0.2, 0.25) is 0 Å². The lowest BCUT2D eigenvalue weighted by atomic mass is 9.95. The fraction of sp³-hybridized carbons (Fsp3) is 1.00. The fourth-order valence-corrected chi connectivity index (χ4v) is 1.45. The van der Waals surface area contributed by atoms with E-state index in [1.165, 1.54) is 32.1 Å². The lowest BCUT2D eigenvalue weighted by molar-refractivity contribution is 0.413. The lowest BCUT2D eigenvalue weighted by Crippen LogP contribution is -2.13. The molecule has 2 N–H and O–H groups in total. The summed E-state index contributed by atoms with van der Waals surface area (Å²) >= 11 is 0. The van der Waals surface area contributed by atoms with E-state index in [9.17, 15) is 0 Å². The fourth-order valence-electron chi connectivity index (χ4n) is 1.45. The molecule has 0 aliphatic rings. The highest BCUT2D eigenvalue weighted by molar-refractivity contribution is 4.59.